The van der Waals surface area contributed by atoms with Gasteiger partial charge in [-0.3, -0.25) is 0 Å². The third-order valence-corrected chi connectivity index (χ3v) is 3.46. The van der Waals surface area contributed by atoms with Crippen molar-refractivity contribution in [2.45, 2.75) is 11.4 Å². The Morgan fingerprint density at radius 3 is 1.95 bits per heavy atom. The normalized spacial score (nSPS) is 10.6. The standard InChI is InChI=1S/C7H8FNO2S.C7H7FS/c8-12(10,11)9-6-7-4-2-1-3-5-7;8-6-9-7-4-2-1-3-5-7/h1-5,9H,6H2;1-5H,6H2. The van der Waals surface area contributed by atoms with Crippen molar-refractivity contribution >= 4 is 22.2 Å². The van der Waals surface area contributed by atoms with E-state index in [9.17, 15) is 16.7 Å². The van der Waals surface area contributed by atoms with E-state index in [1.807, 2.05) is 30.3 Å². The lowest BCUT2D eigenvalue weighted by Gasteiger charge is -1.98. The van der Waals surface area contributed by atoms with Crippen LogP contribution in [-0.4, -0.2) is 14.4 Å². The molecule has 2 aromatic carbocycles. The van der Waals surface area contributed by atoms with Gasteiger partial charge in [-0.1, -0.05) is 64.2 Å². The van der Waals surface area contributed by atoms with Gasteiger partial charge in [0.05, 0.1) is 0 Å². The van der Waals surface area contributed by atoms with Crippen molar-refractivity contribution in [1.82, 2.24) is 4.72 Å². The summed E-state index contributed by atoms with van der Waals surface area (Å²) in [5.41, 5.74) is 0.721. The van der Waals surface area contributed by atoms with Crippen molar-refractivity contribution in [3.8, 4) is 0 Å². The molecule has 3 nitrogen and oxygen atoms in total. The molecule has 0 aliphatic carbocycles. The summed E-state index contributed by atoms with van der Waals surface area (Å²) in [5, 5.41) is 0. The van der Waals surface area contributed by atoms with E-state index in [-0.39, 0.29) is 12.6 Å². The van der Waals surface area contributed by atoms with Crippen LogP contribution in [0, 0.1) is 0 Å². The first kappa shape index (κ1) is 17.6. The minimum Gasteiger partial charge on any atom is -0.239 e. The number of nitrogens with one attached hydrogen (secondary N) is 1. The smallest absolute Gasteiger partial charge is 0.239 e. The summed E-state index contributed by atoms with van der Waals surface area (Å²) in [4.78, 5) is 0.986. The van der Waals surface area contributed by atoms with Crippen LogP contribution in [0.3, 0.4) is 0 Å². The molecule has 0 atom stereocenters. The molecule has 0 aliphatic rings. The Morgan fingerprint density at radius 1 is 0.952 bits per heavy atom. The van der Waals surface area contributed by atoms with Crippen LogP contribution < -0.4 is 4.72 Å². The van der Waals surface area contributed by atoms with Crippen LogP contribution in [0.1, 0.15) is 5.56 Å². The first-order valence-corrected chi connectivity index (χ1v) is 8.35. The predicted octanol–water partition coefficient (Wildman–Crippen LogP) is 3.70. The molecule has 0 aromatic heterocycles. The Kier molecular flexibility index (Phi) is 7.96. The zero-order chi connectivity index (χ0) is 15.6. The highest BCUT2D eigenvalue weighted by Gasteiger charge is 2.03. The number of hydrogen-bond acceptors (Lipinski definition) is 3. The van der Waals surface area contributed by atoms with E-state index in [4.69, 9.17) is 0 Å². The van der Waals surface area contributed by atoms with Crippen molar-refractivity contribution in [2.24, 2.45) is 0 Å². The SMILES string of the molecule is FCSc1ccccc1.O=S(=O)(F)NCc1ccccc1. The number of halogens is 2. The second-order valence-corrected chi connectivity index (χ2v) is 5.95. The summed E-state index contributed by atoms with van der Waals surface area (Å²) in [6.07, 6.45) is 0. The number of rotatable bonds is 5. The molecular weight excluding hydrogens is 316 g/mol. The van der Waals surface area contributed by atoms with Gasteiger partial charge in [-0.15, -0.1) is 0 Å². The van der Waals surface area contributed by atoms with Gasteiger partial charge < -0.3 is 0 Å². The second kappa shape index (κ2) is 9.49. The molecule has 0 spiro atoms. The summed E-state index contributed by atoms with van der Waals surface area (Å²) < 4.78 is 45.4. The van der Waals surface area contributed by atoms with E-state index >= 15 is 0 Å². The average molecular weight is 331 g/mol. The first-order valence-electron chi connectivity index (χ1n) is 5.98. The molecule has 0 saturated heterocycles. The summed E-state index contributed by atoms with van der Waals surface area (Å²) in [7, 11) is -4.57. The number of hydrogen-bond donors (Lipinski definition) is 1. The summed E-state index contributed by atoms with van der Waals surface area (Å²) in [5.74, 6) is 0. The van der Waals surface area contributed by atoms with Crippen LogP contribution in [-0.2, 0) is 17.0 Å². The van der Waals surface area contributed by atoms with E-state index < -0.39 is 10.4 Å². The highest BCUT2D eigenvalue weighted by Crippen LogP contribution is 2.15. The molecule has 7 heteroatoms. The molecule has 0 amide bonds. The molecule has 0 unspecified atom stereocenters. The van der Waals surface area contributed by atoms with Crippen molar-refractivity contribution in [2.75, 3.05) is 6.01 Å². The van der Waals surface area contributed by atoms with Crippen molar-refractivity contribution in [3.05, 3.63) is 66.2 Å². The maximum atomic E-state index is 11.9. The molecule has 0 radical (unpaired) electrons. The van der Waals surface area contributed by atoms with Crippen LogP contribution in [0.15, 0.2) is 65.6 Å². The lowest BCUT2D eigenvalue weighted by Crippen LogP contribution is -2.17. The van der Waals surface area contributed by atoms with E-state index in [0.29, 0.717) is 0 Å². The predicted molar refractivity (Wildman–Crippen MR) is 81.6 cm³/mol. The highest BCUT2D eigenvalue weighted by molar-refractivity contribution is 7.99. The third-order valence-electron chi connectivity index (χ3n) is 2.26. The fraction of sp³-hybridized carbons (Fsp3) is 0.143. The fourth-order valence-electron chi connectivity index (χ4n) is 1.35. The van der Waals surface area contributed by atoms with Crippen molar-refractivity contribution in [3.63, 3.8) is 0 Å². The summed E-state index contributed by atoms with van der Waals surface area (Å²) in [6.45, 7) is -0.0142. The molecule has 2 rings (SSSR count). The van der Waals surface area contributed by atoms with E-state index in [2.05, 4.69) is 0 Å². The summed E-state index contributed by atoms with van der Waals surface area (Å²) >= 11 is 1.21. The quantitative estimate of drug-likeness (QED) is 0.671. The van der Waals surface area contributed by atoms with Gasteiger partial charge in [0.15, 0.2) is 0 Å². The first-order chi connectivity index (χ1) is 10.0. The van der Waals surface area contributed by atoms with E-state index in [1.165, 1.54) is 11.8 Å². The zero-order valence-corrected chi connectivity index (χ0v) is 12.7. The van der Waals surface area contributed by atoms with Gasteiger partial charge in [0.1, 0.15) is 6.01 Å². The molecule has 114 valence electrons. The molecule has 0 heterocycles. The van der Waals surface area contributed by atoms with Crippen LogP contribution in [0.2, 0.25) is 0 Å². The van der Waals surface area contributed by atoms with Crippen LogP contribution in [0.5, 0.6) is 0 Å². The van der Waals surface area contributed by atoms with Gasteiger partial charge in [0.2, 0.25) is 0 Å². The lowest BCUT2D eigenvalue weighted by atomic mass is 10.2. The minimum absolute atomic E-state index is 0.0142. The monoisotopic (exact) mass is 331 g/mol. The van der Waals surface area contributed by atoms with Crippen molar-refractivity contribution < 1.29 is 16.7 Å². The van der Waals surface area contributed by atoms with Gasteiger partial charge >= 0.3 is 10.4 Å². The Bertz CT molecular complexity index is 607. The molecule has 1 N–H and O–H groups in total. The van der Waals surface area contributed by atoms with E-state index in [0.717, 1.165) is 10.5 Å². The third kappa shape index (κ3) is 9.17. The second-order valence-electron chi connectivity index (χ2n) is 3.81. The van der Waals surface area contributed by atoms with Crippen LogP contribution in [0.25, 0.3) is 0 Å². The van der Waals surface area contributed by atoms with Crippen molar-refractivity contribution in [1.29, 1.82) is 0 Å². The summed E-state index contributed by atoms with van der Waals surface area (Å²) in [6, 6.07) is 17.9. The van der Waals surface area contributed by atoms with Gasteiger partial charge in [-0.25, -0.2) is 4.39 Å². The molecule has 0 fully saturated rings. The Labute approximate surface area is 127 Å². The molecule has 0 saturated carbocycles. The maximum absolute atomic E-state index is 11.9. The average Bonchev–Trinajstić information content (AvgIpc) is 2.48. The Balaban J connectivity index is 0.000000219. The number of thioether (sulfide) groups is 1. The largest absolute Gasteiger partial charge is 0.372 e. The lowest BCUT2D eigenvalue weighted by molar-refractivity contribution is 0.535. The molecule has 21 heavy (non-hydrogen) atoms. The highest BCUT2D eigenvalue weighted by atomic mass is 32.3. The topological polar surface area (TPSA) is 46.2 Å². The maximum Gasteiger partial charge on any atom is 0.372 e. The molecule has 2 aromatic rings. The van der Waals surface area contributed by atoms with Gasteiger partial charge in [0.25, 0.3) is 0 Å². The Hall–Kier alpha value is -1.44. The Morgan fingerprint density at radius 2 is 1.48 bits per heavy atom. The van der Waals surface area contributed by atoms with Crippen LogP contribution >= 0.6 is 11.8 Å². The minimum atomic E-state index is -4.57. The van der Waals surface area contributed by atoms with Crippen LogP contribution in [0.4, 0.5) is 8.28 Å². The van der Waals surface area contributed by atoms with Gasteiger partial charge in [-0.2, -0.15) is 13.1 Å². The fourth-order valence-corrected chi connectivity index (χ4v) is 2.16. The molecule has 0 aliphatic heterocycles. The molecule has 0 bridgehead atoms. The zero-order valence-electron chi connectivity index (χ0n) is 11.1. The van der Waals surface area contributed by atoms with Gasteiger partial charge in [0, 0.05) is 11.4 Å². The van der Waals surface area contributed by atoms with Gasteiger partial charge in [-0.05, 0) is 17.7 Å². The number of alkyl halides is 1. The van der Waals surface area contributed by atoms with E-state index in [1.54, 1.807) is 35.1 Å². The number of benzene rings is 2. The molecular formula is C14H15F2NO2S2.